The summed E-state index contributed by atoms with van der Waals surface area (Å²) in [7, 11) is 0. The fourth-order valence-corrected chi connectivity index (χ4v) is 2.65. The lowest BCUT2D eigenvalue weighted by atomic mass is 9.39. The number of halogens is 3. The van der Waals surface area contributed by atoms with Crippen molar-refractivity contribution in [3.05, 3.63) is 0 Å². The van der Waals surface area contributed by atoms with Crippen LogP contribution in [0.5, 0.6) is 0 Å². The average molecular weight is 179 g/mol. The predicted molar refractivity (Wildman–Crippen MR) is 38.7 cm³/mol. The minimum atomic E-state index is -3.97. The largest absolute Gasteiger partial charge is 0.394 e. The van der Waals surface area contributed by atoms with E-state index in [0.29, 0.717) is 19.3 Å². The molecule has 0 spiro atoms. The van der Waals surface area contributed by atoms with Crippen LogP contribution < -0.4 is 5.32 Å². The second-order valence-electron chi connectivity index (χ2n) is 4.12. The van der Waals surface area contributed by atoms with Crippen LogP contribution in [0.25, 0.3) is 0 Å². The van der Waals surface area contributed by atoms with Crippen molar-refractivity contribution >= 4 is 0 Å². The van der Waals surface area contributed by atoms with Crippen LogP contribution in [-0.4, -0.2) is 18.3 Å². The lowest BCUT2D eigenvalue weighted by Crippen LogP contribution is -2.78. The van der Waals surface area contributed by atoms with E-state index in [4.69, 9.17) is 0 Å². The summed E-state index contributed by atoms with van der Waals surface area (Å²) < 4.78 is 36.9. The molecule has 0 aromatic rings. The number of hydrogen-bond acceptors (Lipinski definition) is 1. The normalized spacial score (nSPS) is 45.0. The fraction of sp³-hybridized carbons (Fsp3) is 1.00. The minimum Gasteiger partial charge on any atom is -0.311 e. The monoisotopic (exact) mass is 179 g/mol. The van der Waals surface area contributed by atoms with E-state index in [2.05, 4.69) is 5.32 Å². The van der Waals surface area contributed by atoms with Crippen molar-refractivity contribution in [1.29, 1.82) is 0 Å². The SMILES string of the molecule is CCNC12CC(C(F)(F)F)(C1)C2. The van der Waals surface area contributed by atoms with Gasteiger partial charge in [0.2, 0.25) is 0 Å². The van der Waals surface area contributed by atoms with Crippen molar-refractivity contribution in [2.45, 2.75) is 37.9 Å². The van der Waals surface area contributed by atoms with Crippen molar-refractivity contribution in [3.8, 4) is 0 Å². The third kappa shape index (κ3) is 0.789. The first-order valence-corrected chi connectivity index (χ1v) is 4.25. The Labute approximate surface area is 69.3 Å². The fourth-order valence-electron chi connectivity index (χ4n) is 2.65. The third-order valence-corrected chi connectivity index (χ3v) is 3.18. The summed E-state index contributed by atoms with van der Waals surface area (Å²) in [5.74, 6) is 0. The standard InChI is InChI=1S/C8H12F3N/c1-2-12-7-3-6(4-7,5-7)8(9,10)11/h12H,2-5H2,1H3. The number of hydrogen-bond donors (Lipinski definition) is 1. The molecule has 3 rings (SSSR count). The molecule has 3 fully saturated rings. The number of alkyl halides is 3. The minimum absolute atomic E-state index is 0.135. The molecule has 0 atom stereocenters. The summed E-state index contributed by atoms with van der Waals surface area (Å²) in [5.41, 5.74) is -1.43. The topological polar surface area (TPSA) is 12.0 Å². The van der Waals surface area contributed by atoms with Crippen LogP contribution in [-0.2, 0) is 0 Å². The maximum atomic E-state index is 12.3. The molecule has 0 aliphatic heterocycles. The number of rotatable bonds is 2. The first-order valence-electron chi connectivity index (χ1n) is 4.25. The summed E-state index contributed by atoms with van der Waals surface area (Å²) in [6, 6.07) is 0. The average Bonchev–Trinajstić information content (AvgIpc) is 1.70. The molecule has 1 N–H and O–H groups in total. The first-order chi connectivity index (χ1) is 5.43. The van der Waals surface area contributed by atoms with Crippen molar-refractivity contribution in [3.63, 3.8) is 0 Å². The summed E-state index contributed by atoms with van der Waals surface area (Å²) in [6.45, 7) is 2.70. The van der Waals surface area contributed by atoms with Crippen molar-refractivity contribution in [2.75, 3.05) is 6.54 Å². The molecule has 12 heavy (non-hydrogen) atoms. The van der Waals surface area contributed by atoms with E-state index >= 15 is 0 Å². The summed E-state index contributed by atoms with van der Waals surface area (Å²) >= 11 is 0. The van der Waals surface area contributed by atoms with E-state index in [9.17, 15) is 13.2 Å². The van der Waals surface area contributed by atoms with Gasteiger partial charge in [0, 0.05) is 5.54 Å². The Bertz CT molecular complexity index is 189. The zero-order valence-corrected chi connectivity index (χ0v) is 6.96. The molecule has 3 saturated carbocycles. The zero-order valence-electron chi connectivity index (χ0n) is 6.96. The highest BCUT2D eigenvalue weighted by atomic mass is 19.4. The van der Waals surface area contributed by atoms with Crippen LogP contribution >= 0.6 is 0 Å². The van der Waals surface area contributed by atoms with Crippen LogP contribution in [0.1, 0.15) is 26.2 Å². The predicted octanol–water partition coefficient (Wildman–Crippen LogP) is 2.08. The van der Waals surface area contributed by atoms with E-state index in [-0.39, 0.29) is 5.54 Å². The van der Waals surface area contributed by atoms with Gasteiger partial charge in [-0.2, -0.15) is 13.2 Å². The second-order valence-corrected chi connectivity index (χ2v) is 4.12. The van der Waals surface area contributed by atoms with E-state index in [1.54, 1.807) is 0 Å². The van der Waals surface area contributed by atoms with Gasteiger partial charge in [0.1, 0.15) is 0 Å². The zero-order chi connectivity index (χ0) is 9.04. The van der Waals surface area contributed by atoms with Crippen LogP contribution in [0.2, 0.25) is 0 Å². The van der Waals surface area contributed by atoms with Crippen molar-refractivity contribution < 1.29 is 13.2 Å². The summed E-state index contributed by atoms with van der Waals surface area (Å²) in [4.78, 5) is 0. The maximum Gasteiger partial charge on any atom is 0.394 e. The van der Waals surface area contributed by atoms with E-state index in [0.717, 1.165) is 6.54 Å². The summed E-state index contributed by atoms with van der Waals surface area (Å²) in [5, 5.41) is 3.12. The molecule has 1 nitrogen and oxygen atoms in total. The van der Waals surface area contributed by atoms with Crippen molar-refractivity contribution in [1.82, 2.24) is 5.32 Å². The third-order valence-electron chi connectivity index (χ3n) is 3.18. The molecule has 0 amide bonds. The lowest BCUT2D eigenvalue weighted by molar-refractivity contribution is -0.339. The Hall–Kier alpha value is -0.250. The van der Waals surface area contributed by atoms with Gasteiger partial charge in [-0.1, -0.05) is 6.92 Å². The van der Waals surface area contributed by atoms with Gasteiger partial charge in [-0.25, -0.2) is 0 Å². The Balaban J connectivity index is 1.95. The van der Waals surface area contributed by atoms with Gasteiger partial charge < -0.3 is 5.32 Å². The highest BCUT2D eigenvalue weighted by Crippen LogP contribution is 2.73. The highest BCUT2D eigenvalue weighted by molar-refractivity contribution is 5.25. The molecule has 3 aliphatic carbocycles. The molecule has 0 radical (unpaired) electrons. The van der Waals surface area contributed by atoms with Gasteiger partial charge in [0.15, 0.2) is 0 Å². The van der Waals surface area contributed by atoms with E-state index < -0.39 is 11.6 Å². The smallest absolute Gasteiger partial charge is 0.311 e. The van der Waals surface area contributed by atoms with Crippen LogP contribution in [0, 0.1) is 5.41 Å². The Morgan fingerprint density at radius 1 is 1.25 bits per heavy atom. The van der Waals surface area contributed by atoms with Gasteiger partial charge in [-0.05, 0) is 25.8 Å². The molecule has 0 unspecified atom stereocenters. The Kier molecular flexibility index (Phi) is 1.37. The molecule has 0 aromatic heterocycles. The van der Waals surface area contributed by atoms with Gasteiger partial charge in [0.25, 0.3) is 0 Å². The lowest BCUT2D eigenvalue weighted by Gasteiger charge is -2.70. The van der Waals surface area contributed by atoms with Crippen molar-refractivity contribution in [2.24, 2.45) is 5.41 Å². The summed E-state index contributed by atoms with van der Waals surface area (Å²) in [6.07, 6.45) is -3.06. The second kappa shape index (κ2) is 1.97. The van der Waals surface area contributed by atoms with Crippen LogP contribution in [0.4, 0.5) is 13.2 Å². The molecular formula is C8H12F3N. The van der Waals surface area contributed by atoms with E-state index in [1.165, 1.54) is 0 Å². The molecule has 0 aromatic carbocycles. The highest BCUT2D eigenvalue weighted by Gasteiger charge is 2.78. The quantitative estimate of drug-likeness (QED) is 0.684. The molecule has 4 heteroatoms. The molecule has 3 aliphatic rings. The van der Waals surface area contributed by atoms with Gasteiger partial charge in [-0.15, -0.1) is 0 Å². The molecule has 0 heterocycles. The van der Waals surface area contributed by atoms with Gasteiger partial charge in [0.05, 0.1) is 5.41 Å². The van der Waals surface area contributed by atoms with Gasteiger partial charge in [-0.3, -0.25) is 0 Å². The molecular weight excluding hydrogens is 167 g/mol. The number of nitrogens with one attached hydrogen (secondary N) is 1. The Morgan fingerprint density at radius 2 is 1.75 bits per heavy atom. The molecule has 2 bridgehead atoms. The first kappa shape index (κ1) is 8.35. The van der Waals surface area contributed by atoms with E-state index in [1.807, 2.05) is 6.92 Å². The Morgan fingerprint density at radius 3 is 2.08 bits per heavy atom. The van der Waals surface area contributed by atoms with Crippen LogP contribution in [0.3, 0.4) is 0 Å². The molecule has 70 valence electrons. The maximum absolute atomic E-state index is 12.3. The molecule has 0 saturated heterocycles. The van der Waals surface area contributed by atoms with Crippen LogP contribution in [0.15, 0.2) is 0 Å². The van der Waals surface area contributed by atoms with Gasteiger partial charge >= 0.3 is 6.18 Å².